The van der Waals surface area contributed by atoms with Gasteiger partial charge in [-0.05, 0) is 59.1 Å². The van der Waals surface area contributed by atoms with Crippen molar-refractivity contribution in [2.75, 3.05) is 7.11 Å². The van der Waals surface area contributed by atoms with Crippen molar-refractivity contribution in [2.24, 2.45) is 0 Å². The predicted molar refractivity (Wildman–Crippen MR) is 75.8 cm³/mol. The first-order chi connectivity index (χ1) is 8.52. The quantitative estimate of drug-likeness (QED) is 0.853. The highest BCUT2D eigenvalue weighted by molar-refractivity contribution is 9.10. The number of ether oxygens (including phenoxy) is 1. The van der Waals surface area contributed by atoms with E-state index < -0.39 is 0 Å². The molecule has 4 heteroatoms. The second kappa shape index (κ2) is 4.98. The molecule has 0 fully saturated rings. The monoisotopic (exact) mass is 307 g/mol. The van der Waals surface area contributed by atoms with Crippen LogP contribution in [0.5, 0.6) is 5.75 Å². The Kier molecular flexibility index (Phi) is 3.57. The SMILES string of the molecule is COc1ccc(-n2cc(Br)c(C)cc2=O)c(C)c1. The molecule has 94 valence electrons. The van der Waals surface area contributed by atoms with Crippen molar-refractivity contribution in [3.63, 3.8) is 0 Å². The maximum Gasteiger partial charge on any atom is 0.255 e. The minimum Gasteiger partial charge on any atom is -0.497 e. The second-order valence-corrected chi connectivity index (χ2v) is 5.02. The Labute approximate surface area is 114 Å². The Hall–Kier alpha value is -1.55. The lowest BCUT2D eigenvalue weighted by atomic mass is 10.2. The molecule has 18 heavy (non-hydrogen) atoms. The van der Waals surface area contributed by atoms with E-state index in [1.165, 1.54) is 0 Å². The fourth-order valence-corrected chi connectivity index (χ4v) is 2.14. The molecule has 1 heterocycles. The van der Waals surface area contributed by atoms with Gasteiger partial charge in [-0.25, -0.2) is 0 Å². The van der Waals surface area contributed by atoms with Gasteiger partial charge in [0, 0.05) is 16.7 Å². The number of rotatable bonds is 2. The van der Waals surface area contributed by atoms with Crippen molar-refractivity contribution in [3.8, 4) is 11.4 Å². The van der Waals surface area contributed by atoms with Crippen molar-refractivity contribution < 1.29 is 4.74 Å². The number of halogens is 1. The van der Waals surface area contributed by atoms with Crippen LogP contribution in [0, 0.1) is 13.8 Å². The maximum atomic E-state index is 12.0. The molecule has 0 bridgehead atoms. The third kappa shape index (κ3) is 2.34. The molecule has 2 rings (SSSR count). The minimum absolute atomic E-state index is 0.0380. The predicted octanol–water partition coefficient (Wildman–Crippen LogP) is 3.23. The summed E-state index contributed by atoms with van der Waals surface area (Å²) in [5, 5.41) is 0. The molecule has 0 spiro atoms. The van der Waals surface area contributed by atoms with Gasteiger partial charge in [-0.3, -0.25) is 9.36 Å². The topological polar surface area (TPSA) is 31.2 Å². The number of methoxy groups -OCH3 is 1. The van der Waals surface area contributed by atoms with Gasteiger partial charge in [0.25, 0.3) is 5.56 Å². The van der Waals surface area contributed by atoms with E-state index in [0.717, 1.165) is 27.0 Å². The molecule has 0 aliphatic rings. The summed E-state index contributed by atoms with van der Waals surface area (Å²) in [7, 11) is 1.63. The summed E-state index contributed by atoms with van der Waals surface area (Å²) in [5.74, 6) is 0.787. The number of hydrogen-bond donors (Lipinski definition) is 0. The fraction of sp³-hybridized carbons (Fsp3) is 0.214. The van der Waals surface area contributed by atoms with Crippen LogP contribution < -0.4 is 10.3 Å². The molecule has 0 amide bonds. The largest absolute Gasteiger partial charge is 0.497 e. The molecule has 3 nitrogen and oxygen atoms in total. The van der Waals surface area contributed by atoms with Gasteiger partial charge in [-0.1, -0.05) is 0 Å². The Bertz CT molecular complexity index is 647. The molecule has 0 aliphatic heterocycles. The van der Waals surface area contributed by atoms with Crippen LogP contribution in [-0.4, -0.2) is 11.7 Å². The summed E-state index contributed by atoms with van der Waals surface area (Å²) in [6, 6.07) is 7.27. The first kappa shape index (κ1) is 12.9. The zero-order chi connectivity index (χ0) is 13.3. The first-order valence-corrected chi connectivity index (χ1v) is 6.36. The van der Waals surface area contributed by atoms with Crippen LogP contribution >= 0.6 is 15.9 Å². The van der Waals surface area contributed by atoms with E-state index in [4.69, 9.17) is 4.74 Å². The van der Waals surface area contributed by atoms with E-state index in [9.17, 15) is 4.79 Å². The highest BCUT2D eigenvalue weighted by atomic mass is 79.9. The smallest absolute Gasteiger partial charge is 0.255 e. The van der Waals surface area contributed by atoms with Crippen LogP contribution in [0.25, 0.3) is 5.69 Å². The molecule has 1 aromatic carbocycles. The third-order valence-corrected chi connectivity index (χ3v) is 3.69. The Morgan fingerprint density at radius 3 is 2.50 bits per heavy atom. The lowest BCUT2D eigenvalue weighted by Gasteiger charge is -2.11. The van der Waals surface area contributed by atoms with Crippen LogP contribution in [0.15, 0.2) is 39.7 Å². The molecule has 0 aliphatic carbocycles. The lowest BCUT2D eigenvalue weighted by molar-refractivity contribution is 0.414. The van der Waals surface area contributed by atoms with E-state index in [1.807, 2.05) is 32.0 Å². The standard InChI is InChI=1S/C14H14BrNO2/c1-9-7-14(17)16(8-12(9)15)13-5-4-11(18-3)6-10(13)2/h4-8H,1-3H3. The van der Waals surface area contributed by atoms with Gasteiger partial charge in [0.2, 0.25) is 0 Å². The highest BCUT2D eigenvalue weighted by Crippen LogP contribution is 2.21. The molecule has 0 unspecified atom stereocenters. The molecule has 1 aromatic heterocycles. The average molecular weight is 308 g/mol. The van der Waals surface area contributed by atoms with Crippen molar-refractivity contribution in [1.82, 2.24) is 4.57 Å². The molecule has 0 N–H and O–H groups in total. The van der Waals surface area contributed by atoms with Crippen molar-refractivity contribution in [2.45, 2.75) is 13.8 Å². The minimum atomic E-state index is -0.0380. The Morgan fingerprint density at radius 1 is 1.17 bits per heavy atom. The number of aromatic nitrogens is 1. The van der Waals surface area contributed by atoms with Crippen LogP contribution in [0.4, 0.5) is 0 Å². The average Bonchev–Trinajstić information content (AvgIpc) is 2.34. The van der Waals surface area contributed by atoms with E-state index in [1.54, 1.807) is 23.9 Å². The first-order valence-electron chi connectivity index (χ1n) is 5.56. The van der Waals surface area contributed by atoms with Gasteiger partial charge >= 0.3 is 0 Å². The van der Waals surface area contributed by atoms with Crippen molar-refractivity contribution >= 4 is 15.9 Å². The maximum absolute atomic E-state index is 12.0. The summed E-state index contributed by atoms with van der Waals surface area (Å²) < 4.78 is 7.71. The number of nitrogens with zero attached hydrogens (tertiary/aromatic N) is 1. The van der Waals surface area contributed by atoms with E-state index in [0.29, 0.717) is 0 Å². The normalized spacial score (nSPS) is 10.4. The van der Waals surface area contributed by atoms with Gasteiger partial charge in [0.15, 0.2) is 0 Å². The van der Waals surface area contributed by atoms with Crippen LogP contribution in [0.3, 0.4) is 0 Å². The Morgan fingerprint density at radius 2 is 1.89 bits per heavy atom. The Balaban J connectivity index is 2.62. The third-order valence-electron chi connectivity index (χ3n) is 2.86. The van der Waals surface area contributed by atoms with E-state index >= 15 is 0 Å². The molecule has 2 aromatic rings. The zero-order valence-corrected chi connectivity index (χ0v) is 12.1. The summed E-state index contributed by atoms with van der Waals surface area (Å²) in [4.78, 5) is 12.0. The molecule has 0 saturated heterocycles. The number of benzene rings is 1. The molecular formula is C14H14BrNO2. The van der Waals surface area contributed by atoms with Gasteiger partial charge in [-0.15, -0.1) is 0 Å². The molecule has 0 atom stereocenters. The molecule has 0 radical (unpaired) electrons. The van der Waals surface area contributed by atoms with Crippen LogP contribution in [-0.2, 0) is 0 Å². The zero-order valence-electron chi connectivity index (χ0n) is 10.5. The number of pyridine rings is 1. The number of aryl methyl sites for hydroxylation is 2. The molecule has 0 saturated carbocycles. The van der Waals surface area contributed by atoms with Crippen LogP contribution in [0.1, 0.15) is 11.1 Å². The van der Waals surface area contributed by atoms with E-state index in [-0.39, 0.29) is 5.56 Å². The summed E-state index contributed by atoms with van der Waals surface area (Å²) in [5.41, 5.74) is 2.75. The summed E-state index contributed by atoms with van der Waals surface area (Å²) in [6.45, 7) is 3.86. The summed E-state index contributed by atoms with van der Waals surface area (Å²) in [6.07, 6.45) is 1.80. The molecular weight excluding hydrogens is 294 g/mol. The van der Waals surface area contributed by atoms with Crippen LogP contribution in [0.2, 0.25) is 0 Å². The van der Waals surface area contributed by atoms with Gasteiger partial charge < -0.3 is 4.74 Å². The van der Waals surface area contributed by atoms with Crippen molar-refractivity contribution in [1.29, 1.82) is 0 Å². The van der Waals surface area contributed by atoms with Gasteiger partial charge in [-0.2, -0.15) is 0 Å². The highest BCUT2D eigenvalue weighted by Gasteiger charge is 2.07. The fourth-order valence-electron chi connectivity index (χ4n) is 1.82. The van der Waals surface area contributed by atoms with E-state index in [2.05, 4.69) is 15.9 Å². The van der Waals surface area contributed by atoms with Gasteiger partial charge in [0.1, 0.15) is 5.75 Å². The second-order valence-electron chi connectivity index (χ2n) is 4.17. The van der Waals surface area contributed by atoms with Crippen molar-refractivity contribution in [3.05, 3.63) is 56.4 Å². The lowest BCUT2D eigenvalue weighted by Crippen LogP contribution is -2.18. The van der Waals surface area contributed by atoms with Gasteiger partial charge in [0.05, 0.1) is 12.8 Å². The number of hydrogen-bond acceptors (Lipinski definition) is 2. The summed E-state index contributed by atoms with van der Waals surface area (Å²) >= 11 is 3.45.